The van der Waals surface area contributed by atoms with Crippen molar-refractivity contribution in [2.75, 3.05) is 31.1 Å². The van der Waals surface area contributed by atoms with E-state index in [-0.39, 0.29) is 0 Å². The van der Waals surface area contributed by atoms with Crippen molar-refractivity contribution in [1.82, 2.24) is 19.9 Å². The Balaban J connectivity index is 1.49. The van der Waals surface area contributed by atoms with Gasteiger partial charge in [0, 0.05) is 32.7 Å². The van der Waals surface area contributed by atoms with Gasteiger partial charge in [-0.15, -0.1) is 15.0 Å². The number of hydrogen-bond donors (Lipinski definition) is 0. The highest BCUT2D eigenvalue weighted by Crippen LogP contribution is 2.21. The fourth-order valence-electron chi connectivity index (χ4n) is 3.66. The Morgan fingerprint density at radius 3 is 2.36 bits per heavy atom. The van der Waals surface area contributed by atoms with Crippen molar-refractivity contribution in [3.8, 4) is 11.8 Å². The molecular formula is C22H24N6. The van der Waals surface area contributed by atoms with Crippen molar-refractivity contribution in [2.45, 2.75) is 19.9 Å². The van der Waals surface area contributed by atoms with Crippen molar-refractivity contribution in [3.05, 3.63) is 71.4 Å². The standard InChI is InChI=1S/C22H24N6/c1-2-19-10-6-7-11-21(19)28-24-20(16-23)22(25-28)27-14-12-26(13-15-27)17-18-8-4-3-5-9-18/h3-11H,2,12-15,17H2,1H3. The molecule has 0 radical (unpaired) electrons. The molecule has 0 bridgehead atoms. The molecule has 4 rings (SSSR count). The summed E-state index contributed by atoms with van der Waals surface area (Å²) in [7, 11) is 0. The van der Waals surface area contributed by atoms with Gasteiger partial charge in [-0.2, -0.15) is 5.26 Å². The zero-order valence-electron chi connectivity index (χ0n) is 16.1. The van der Waals surface area contributed by atoms with E-state index >= 15 is 0 Å². The molecular weight excluding hydrogens is 348 g/mol. The van der Waals surface area contributed by atoms with E-state index in [2.05, 4.69) is 63.3 Å². The summed E-state index contributed by atoms with van der Waals surface area (Å²) >= 11 is 0. The molecule has 1 aromatic heterocycles. The fraction of sp³-hybridized carbons (Fsp3) is 0.318. The number of anilines is 1. The number of para-hydroxylation sites is 1. The lowest BCUT2D eigenvalue weighted by Gasteiger charge is -2.34. The zero-order chi connectivity index (χ0) is 19.3. The molecule has 2 heterocycles. The molecule has 28 heavy (non-hydrogen) atoms. The van der Waals surface area contributed by atoms with Crippen molar-refractivity contribution in [2.24, 2.45) is 0 Å². The van der Waals surface area contributed by atoms with E-state index < -0.39 is 0 Å². The highest BCUT2D eigenvalue weighted by Gasteiger charge is 2.23. The largest absolute Gasteiger partial charge is 0.350 e. The average molecular weight is 372 g/mol. The highest BCUT2D eigenvalue weighted by atomic mass is 15.5. The van der Waals surface area contributed by atoms with Gasteiger partial charge < -0.3 is 4.90 Å². The summed E-state index contributed by atoms with van der Waals surface area (Å²) in [6, 6.07) is 20.8. The summed E-state index contributed by atoms with van der Waals surface area (Å²) < 4.78 is 0. The normalized spacial score (nSPS) is 14.8. The van der Waals surface area contributed by atoms with Gasteiger partial charge in [0.2, 0.25) is 5.69 Å². The molecule has 6 nitrogen and oxygen atoms in total. The van der Waals surface area contributed by atoms with Crippen molar-refractivity contribution in [1.29, 1.82) is 5.26 Å². The molecule has 6 heteroatoms. The lowest BCUT2D eigenvalue weighted by atomic mass is 10.1. The molecule has 1 fully saturated rings. The maximum absolute atomic E-state index is 9.58. The second kappa shape index (κ2) is 8.24. The van der Waals surface area contributed by atoms with E-state index in [1.54, 1.807) is 4.80 Å². The van der Waals surface area contributed by atoms with Crippen LogP contribution in [0.15, 0.2) is 54.6 Å². The summed E-state index contributed by atoms with van der Waals surface area (Å²) in [6.07, 6.45) is 0.896. The molecule has 1 saturated heterocycles. The van der Waals surface area contributed by atoms with Gasteiger partial charge in [0.25, 0.3) is 0 Å². The number of rotatable bonds is 5. The first-order valence-electron chi connectivity index (χ1n) is 9.75. The van der Waals surface area contributed by atoms with E-state index in [1.807, 2.05) is 24.3 Å². The van der Waals surface area contributed by atoms with Crippen LogP contribution in [0.25, 0.3) is 5.69 Å². The topological polar surface area (TPSA) is 61.0 Å². The van der Waals surface area contributed by atoms with Crippen LogP contribution in [0.5, 0.6) is 0 Å². The number of aromatic nitrogens is 3. The monoisotopic (exact) mass is 372 g/mol. The van der Waals surface area contributed by atoms with Gasteiger partial charge in [0.15, 0.2) is 5.82 Å². The summed E-state index contributed by atoms with van der Waals surface area (Å²) in [5, 5.41) is 18.7. The van der Waals surface area contributed by atoms with Gasteiger partial charge in [-0.1, -0.05) is 55.5 Å². The third-order valence-corrected chi connectivity index (χ3v) is 5.21. The number of aryl methyl sites for hydroxylation is 1. The second-order valence-corrected chi connectivity index (χ2v) is 7.00. The molecule has 0 aliphatic carbocycles. The van der Waals surface area contributed by atoms with Crippen LogP contribution in [0.4, 0.5) is 5.82 Å². The first-order valence-corrected chi connectivity index (χ1v) is 9.75. The maximum atomic E-state index is 9.58. The first kappa shape index (κ1) is 18.2. The number of nitrogens with zero attached hydrogens (tertiary/aromatic N) is 6. The summed E-state index contributed by atoms with van der Waals surface area (Å²) in [5.41, 5.74) is 3.83. The van der Waals surface area contributed by atoms with Gasteiger partial charge in [-0.05, 0) is 23.6 Å². The predicted molar refractivity (Wildman–Crippen MR) is 109 cm³/mol. The van der Waals surface area contributed by atoms with Crippen molar-refractivity contribution < 1.29 is 0 Å². The second-order valence-electron chi connectivity index (χ2n) is 7.00. The molecule has 0 N–H and O–H groups in total. The van der Waals surface area contributed by atoms with Gasteiger partial charge in [-0.25, -0.2) is 0 Å². The van der Waals surface area contributed by atoms with Crippen LogP contribution in [0.1, 0.15) is 23.7 Å². The zero-order valence-corrected chi connectivity index (χ0v) is 16.1. The highest BCUT2D eigenvalue weighted by molar-refractivity contribution is 5.51. The van der Waals surface area contributed by atoms with E-state index in [9.17, 15) is 5.26 Å². The van der Waals surface area contributed by atoms with Crippen LogP contribution in [0, 0.1) is 11.3 Å². The molecule has 1 aliphatic rings. The van der Waals surface area contributed by atoms with Crippen molar-refractivity contribution >= 4 is 5.82 Å². The SMILES string of the molecule is CCc1ccccc1-n1nc(C#N)c(N2CCN(Cc3ccccc3)CC2)n1. The summed E-state index contributed by atoms with van der Waals surface area (Å²) in [4.78, 5) is 6.23. The summed E-state index contributed by atoms with van der Waals surface area (Å²) in [5.74, 6) is 0.688. The quantitative estimate of drug-likeness (QED) is 0.689. The molecule has 3 aromatic rings. The average Bonchev–Trinajstić information content (AvgIpc) is 3.19. The minimum Gasteiger partial charge on any atom is -0.350 e. The van der Waals surface area contributed by atoms with Crippen LogP contribution < -0.4 is 4.90 Å². The van der Waals surface area contributed by atoms with E-state index in [0.29, 0.717) is 11.5 Å². The van der Waals surface area contributed by atoms with Crippen molar-refractivity contribution in [3.63, 3.8) is 0 Å². The van der Waals surface area contributed by atoms with E-state index in [0.717, 1.165) is 44.8 Å². The number of piperazine rings is 1. The lowest BCUT2D eigenvalue weighted by molar-refractivity contribution is 0.249. The van der Waals surface area contributed by atoms with Crippen LogP contribution in [0.2, 0.25) is 0 Å². The molecule has 0 unspecified atom stereocenters. The van der Waals surface area contributed by atoms with Gasteiger partial charge in [0.05, 0.1) is 5.69 Å². The number of hydrogen-bond acceptors (Lipinski definition) is 5. The Morgan fingerprint density at radius 1 is 0.929 bits per heavy atom. The Bertz CT molecular complexity index is 964. The molecule has 0 saturated carbocycles. The Kier molecular flexibility index (Phi) is 5.36. The minimum atomic E-state index is 0.391. The Labute approximate surface area is 165 Å². The predicted octanol–water partition coefficient (Wildman–Crippen LogP) is 3.02. The van der Waals surface area contributed by atoms with Crippen LogP contribution >= 0.6 is 0 Å². The first-order chi connectivity index (χ1) is 13.8. The maximum Gasteiger partial charge on any atom is 0.207 e. The van der Waals surface area contributed by atoms with Gasteiger partial charge in [-0.3, -0.25) is 4.90 Å². The van der Waals surface area contributed by atoms with E-state index in [1.165, 1.54) is 11.1 Å². The van der Waals surface area contributed by atoms with Crippen LogP contribution in [0.3, 0.4) is 0 Å². The Morgan fingerprint density at radius 2 is 1.64 bits per heavy atom. The number of benzene rings is 2. The smallest absolute Gasteiger partial charge is 0.207 e. The Hall–Kier alpha value is -3.17. The fourth-order valence-corrected chi connectivity index (χ4v) is 3.66. The molecule has 142 valence electrons. The number of nitriles is 1. The summed E-state index contributed by atoms with van der Waals surface area (Å²) in [6.45, 7) is 6.64. The third kappa shape index (κ3) is 3.75. The molecule has 0 spiro atoms. The molecule has 0 atom stereocenters. The molecule has 2 aromatic carbocycles. The third-order valence-electron chi connectivity index (χ3n) is 5.21. The van der Waals surface area contributed by atoms with Gasteiger partial charge >= 0.3 is 0 Å². The lowest BCUT2D eigenvalue weighted by Crippen LogP contribution is -2.46. The van der Waals surface area contributed by atoms with Crippen LogP contribution in [-0.2, 0) is 13.0 Å². The van der Waals surface area contributed by atoms with Gasteiger partial charge in [0.1, 0.15) is 6.07 Å². The van der Waals surface area contributed by atoms with E-state index in [4.69, 9.17) is 0 Å². The molecule has 0 amide bonds. The van der Waals surface area contributed by atoms with Crippen LogP contribution in [-0.4, -0.2) is 46.1 Å². The molecule has 1 aliphatic heterocycles. The minimum absolute atomic E-state index is 0.391.